The number of amides is 1. The average Bonchev–Trinajstić information content (AvgIpc) is 2.91. The summed E-state index contributed by atoms with van der Waals surface area (Å²) in [5.41, 5.74) is 3.68. The molecule has 1 N–H and O–H groups in total. The number of benzene rings is 1. The number of thiophene rings is 1. The van der Waals surface area contributed by atoms with E-state index in [1.54, 1.807) is 4.57 Å². The molecule has 0 atom stereocenters. The van der Waals surface area contributed by atoms with Crippen molar-refractivity contribution < 1.29 is 4.79 Å². The van der Waals surface area contributed by atoms with E-state index in [-0.39, 0.29) is 11.5 Å². The summed E-state index contributed by atoms with van der Waals surface area (Å²) in [6.45, 7) is 6.57. The zero-order chi connectivity index (χ0) is 18.4. The summed E-state index contributed by atoms with van der Waals surface area (Å²) >= 11 is 1.31. The highest BCUT2D eigenvalue weighted by Crippen LogP contribution is 2.29. The predicted octanol–water partition coefficient (Wildman–Crippen LogP) is 3.97. The van der Waals surface area contributed by atoms with Crippen LogP contribution in [0.25, 0.3) is 10.2 Å². The van der Waals surface area contributed by atoms with Crippen LogP contribution in [0.1, 0.15) is 45.0 Å². The lowest BCUT2D eigenvalue weighted by molar-refractivity contribution is 0.103. The maximum absolute atomic E-state index is 12.9. The van der Waals surface area contributed by atoms with E-state index in [1.165, 1.54) is 11.3 Å². The molecular formula is C20H21N3O2S. The van der Waals surface area contributed by atoms with Crippen LogP contribution < -0.4 is 10.9 Å². The van der Waals surface area contributed by atoms with E-state index >= 15 is 0 Å². The highest BCUT2D eigenvalue weighted by molar-refractivity contribution is 7.20. The van der Waals surface area contributed by atoms with Crippen LogP contribution in [-0.4, -0.2) is 15.5 Å². The lowest BCUT2D eigenvalue weighted by Crippen LogP contribution is -2.28. The second-order valence-corrected chi connectivity index (χ2v) is 8.01. The van der Waals surface area contributed by atoms with Crippen LogP contribution in [0.4, 0.5) is 5.69 Å². The molecule has 1 amide bonds. The standard InChI is InChI=1S/C20H21N3O2S/c1-11-8-12(2)10-14(9-11)21-18(24)17-13(3)16-19(26-17)22-15-6-4-5-7-23(15)20(16)25/h8-10H,4-7H2,1-3H3,(H,21,24). The predicted molar refractivity (Wildman–Crippen MR) is 105 cm³/mol. The molecule has 0 fully saturated rings. The van der Waals surface area contributed by atoms with Gasteiger partial charge in [0, 0.05) is 18.7 Å². The first-order chi connectivity index (χ1) is 12.4. The molecule has 1 aliphatic rings. The number of hydrogen-bond acceptors (Lipinski definition) is 4. The van der Waals surface area contributed by atoms with Crippen molar-refractivity contribution in [3.8, 4) is 0 Å². The summed E-state index contributed by atoms with van der Waals surface area (Å²) in [4.78, 5) is 31.6. The van der Waals surface area contributed by atoms with Crippen LogP contribution in [-0.2, 0) is 13.0 Å². The Bertz CT molecular complexity index is 1070. The van der Waals surface area contributed by atoms with Crippen molar-refractivity contribution in [1.82, 2.24) is 9.55 Å². The fourth-order valence-electron chi connectivity index (χ4n) is 3.68. The van der Waals surface area contributed by atoms with Crippen LogP contribution in [0.5, 0.6) is 0 Å². The van der Waals surface area contributed by atoms with Crippen LogP contribution in [0, 0.1) is 20.8 Å². The average molecular weight is 367 g/mol. The quantitative estimate of drug-likeness (QED) is 0.745. The topological polar surface area (TPSA) is 64.0 Å². The Labute approximate surface area is 155 Å². The number of aryl methyl sites for hydroxylation is 4. The largest absolute Gasteiger partial charge is 0.321 e. The van der Waals surface area contributed by atoms with Gasteiger partial charge in [-0.05, 0) is 62.4 Å². The molecule has 0 saturated heterocycles. The van der Waals surface area contributed by atoms with Gasteiger partial charge in [0.2, 0.25) is 0 Å². The number of carbonyl (C=O) groups is 1. The Kier molecular flexibility index (Phi) is 4.15. The van der Waals surface area contributed by atoms with Crippen LogP contribution in [0.2, 0.25) is 0 Å². The van der Waals surface area contributed by atoms with Crippen LogP contribution >= 0.6 is 11.3 Å². The first kappa shape index (κ1) is 17.0. The molecule has 6 heteroatoms. The smallest absolute Gasteiger partial charge is 0.266 e. The van der Waals surface area contributed by atoms with Gasteiger partial charge in [-0.25, -0.2) is 4.98 Å². The van der Waals surface area contributed by atoms with Crippen molar-refractivity contribution in [3.63, 3.8) is 0 Å². The SMILES string of the molecule is Cc1cc(C)cc(NC(=O)c2sc3nc4n(c(=O)c3c2C)CCCC4)c1. The summed E-state index contributed by atoms with van der Waals surface area (Å²) in [5, 5.41) is 3.55. The third kappa shape index (κ3) is 2.84. The van der Waals surface area contributed by atoms with Gasteiger partial charge in [0.25, 0.3) is 11.5 Å². The summed E-state index contributed by atoms with van der Waals surface area (Å²) in [6.07, 6.45) is 2.89. The first-order valence-corrected chi connectivity index (χ1v) is 9.68. The molecule has 2 aromatic heterocycles. The Morgan fingerprint density at radius 1 is 1.15 bits per heavy atom. The van der Waals surface area contributed by atoms with Crippen molar-refractivity contribution in [3.05, 3.63) is 55.9 Å². The molecule has 3 heterocycles. The van der Waals surface area contributed by atoms with Gasteiger partial charge in [-0.2, -0.15) is 0 Å². The van der Waals surface area contributed by atoms with Gasteiger partial charge < -0.3 is 5.32 Å². The highest BCUT2D eigenvalue weighted by Gasteiger charge is 2.22. The maximum atomic E-state index is 12.9. The molecule has 0 spiro atoms. The maximum Gasteiger partial charge on any atom is 0.266 e. The molecule has 0 bridgehead atoms. The Morgan fingerprint density at radius 3 is 2.62 bits per heavy atom. The van der Waals surface area contributed by atoms with Crippen molar-refractivity contribution in [2.75, 3.05) is 5.32 Å². The molecule has 0 saturated carbocycles. The molecule has 1 aliphatic heterocycles. The van der Waals surface area contributed by atoms with E-state index in [1.807, 2.05) is 32.9 Å². The lowest BCUT2D eigenvalue weighted by Gasteiger charge is -2.16. The highest BCUT2D eigenvalue weighted by atomic mass is 32.1. The van der Waals surface area contributed by atoms with Crippen molar-refractivity contribution in [2.24, 2.45) is 0 Å². The van der Waals surface area contributed by atoms with E-state index in [9.17, 15) is 9.59 Å². The number of rotatable bonds is 2. The van der Waals surface area contributed by atoms with Crippen molar-refractivity contribution in [2.45, 2.75) is 46.6 Å². The summed E-state index contributed by atoms with van der Waals surface area (Å²) < 4.78 is 1.77. The summed E-state index contributed by atoms with van der Waals surface area (Å²) in [7, 11) is 0. The van der Waals surface area contributed by atoms with E-state index < -0.39 is 0 Å². The van der Waals surface area contributed by atoms with Gasteiger partial charge in [0.1, 0.15) is 10.7 Å². The summed E-state index contributed by atoms with van der Waals surface area (Å²) in [5.74, 6) is 0.661. The molecule has 3 aromatic rings. The van der Waals surface area contributed by atoms with Gasteiger partial charge in [-0.3, -0.25) is 14.2 Å². The molecule has 0 unspecified atom stereocenters. The third-order valence-corrected chi connectivity index (χ3v) is 6.03. The first-order valence-electron chi connectivity index (χ1n) is 8.86. The zero-order valence-electron chi connectivity index (χ0n) is 15.2. The van der Waals surface area contributed by atoms with Gasteiger partial charge in [-0.1, -0.05) is 6.07 Å². The Balaban J connectivity index is 1.77. The minimum atomic E-state index is -0.183. The molecule has 5 nitrogen and oxygen atoms in total. The zero-order valence-corrected chi connectivity index (χ0v) is 16.0. The van der Waals surface area contributed by atoms with Crippen LogP contribution in [0.15, 0.2) is 23.0 Å². The number of nitrogens with zero attached hydrogens (tertiary/aromatic N) is 2. The normalized spacial score (nSPS) is 13.7. The second-order valence-electron chi connectivity index (χ2n) is 7.01. The molecule has 0 radical (unpaired) electrons. The van der Waals surface area contributed by atoms with E-state index in [0.717, 1.165) is 54.0 Å². The number of hydrogen-bond donors (Lipinski definition) is 1. The number of nitrogens with one attached hydrogen (secondary N) is 1. The third-order valence-electron chi connectivity index (χ3n) is 4.85. The lowest BCUT2D eigenvalue weighted by atomic mass is 10.1. The molecule has 134 valence electrons. The number of aromatic nitrogens is 2. The minimum Gasteiger partial charge on any atom is -0.321 e. The molecular weight excluding hydrogens is 346 g/mol. The monoisotopic (exact) mass is 367 g/mol. The minimum absolute atomic E-state index is 0.0103. The fourth-order valence-corrected chi connectivity index (χ4v) is 4.77. The number of carbonyl (C=O) groups excluding carboxylic acids is 1. The van der Waals surface area contributed by atoms with Gasteiger partial charge >= 0.3 is 0 Å². The molecule has 4 rings (SSSR count). The summed E-state index contributed by atoms with van der Waals surface area (Å²) in [6, 6.07) is 5.95. The van der Waals surface area contributed by atoms with E-state index in [2.05, 4.69) is 16.4 Å². The molecule has 1 aromatic carbocycles. The van der Waals surface area contributed by atoms with Gasteiger partial charge in [0.05, 0.1) is 10.3 Å². The Morgan fingerprint density at radius 2 is 1.88 bits per heavy atom. The Hall–Kier alpha value is -2.47. The van der Waals surface area contributed by atoms with E-state index in [4.69, 9.17) is 0 Å². The van der Waals surface area contributed by atoms with Gasteiger partial charge in [-0.15, -0.1) is 11.3 Å². The van der Waals surface area contributed by atoms with E-state index in [0.29, 0.717) is 15.1 Å². The number of fused-ring (bicyclic) bond motifs is 2. The fraction of sp³-hybridized carbons (Fsp3) is 0.350. The molecule has 26 heavy (non-hydrogen) atoms. The second kappa shape index (κ2) is 6.36. The molecule has 0 aliphatic carbocycles. The van der Waals surface area contributed by atoms with Gasteiger partial charge in [0.15, 0.2) is 0 Å². The van der Waals surface area contributed by atoms with Crippen LogP contribution in [0.3, 0.4) is 0 Å². The van der Waals surface area contributed by atoms with Crippen molar-refractivity contribution in [1.29, 1.82) is 0 Å². The number of anilines is 1. The van der Waals surface area contributed by atoms with Crippen molar-refractivity contribution >= 4 is 33.1 Å².